The van der Waals surface area contributed by atoms with Gasteiger partial charge in [0.15, 0.2) is 0 Å². The number of hydrogen-bond donors (Lipinski definition) is 1. The summed E-state index contributed by atoms with van der Waals surface area (Å²) in [4.78, 5) is 14.5. The molecule has 0 aliphatic heterocycles. The van der Waals surface area contributed by atoms with E-state index in [2.05, 4.69) is 4.98 Å². The van der Waals surface area contributed by atoms with E-state index in [0.717, 1.165) is 18.2 Å². The van der Waals surface area contributed by atoms with Gasteiger partial charge >= 0.3 is 12.1 Å². The summed E-state index contributed by atoms with van der Waals surface area (Å²) in [7, 11) is 0. The predicted molar refractivity (Wildman–Crippen MR) is 71.3 cm³/mol. The van der Waals surface area contributed by atoms with Crippen molar-refractivity contribution >= 4 is 5.97 Å². The summed E-state index contributed by atoms with van der Waals surface area (Å²) in [5.41, 5.74) is -3.52. The van der Waals surface area contributed by atoms with Crippen LogP contribution in [0.3, 0.4) is 0 Å². The van der Waals surface area contributed by atoms with Crippen LogP contribution >= 0.6 is 0 Å². The zero-order valence-electron chi connectivity index (χ0n) is 11.6. The maximum atomic E-state index is 13.0. The minimum absolute atomic E-state index is 0.0154. The van der Waals surface area contributed by atoms with E-state index in [1.54, 1.807) is 6.07 Å². The first-order valence-electron chi connectivity index (χ1n) is 6.29. The normalized spacial score (nSPS) is 11.4. The summed E-state index contributed by atoms with van der Waals surface area (Å²) in [6, 6.07) is 5.71. The molecule has 0 aliphatic carbocycles. The molecule has 1 N–H and O–H groups in total. The Morgan fingerprint density at radius 2 is 1.79 bits per heavy atom. The lowest BCUT2D eigenvalue weighted by atomic mass is 10.0. The Bertz CT molecular complexity index is 823. The second-order valence-electron chi connectivity index (χ2n) is 4.61. The van der Waals surface area contributed by atoms with Crippen LogP contribution in [0.15, 0.2) is 30.3 Å². The van der Waals surface area contributed by atoms with Crippen LogP contribution < -0.4 is 0 Å². The van der Waals surface area contributed by atoms with Crippen LogP contribution in [0.5, 0.6) is 0 Å². The van der Waals surface area contributed by atoms with Gasteiger partial charge in [0.25, 0.3) is 6.43 Å². The van der Waals surface area contributed by atoms with Crippen molar-refractivity contribution in [3.05, 3.63) is 52.7 Å². The van der Waals surface area contributed by atoms with Crippen LogP contribution in [0.2, 0.25) is 0 Å². The van der Waals surface area contributed by atoms with Crippen molar-refractivity contribution in [2.45, 2.75) is 12.6 Å². The van der Waals surface area contributed by atoms with E-state index in [4.69, 9.17) is 10.4 Å². The summed E-state index contributed by atoms with van der Waals surface area (Å²) < 4.78 is 63.6. The molecule has 0 fully saturated rings. The fourth-order valence-electron chi connectivity index (χ4n) is 1.99. The topological polar surface area (TPSA) is 74.0 Å². The maximum Gasteiger partial charge on any atom is 0.416 e. The number of halogens is 5. The van der Waals surface area contributed by atoms with Gasteiger partial charge in [0.2, 0.25) is 0 Å². The summed E-state index contributed by atoms with van der Waals surface area (Å²) in [6.45, 7) is 0. The highest BCUT2D eigenvalue weighted by Crippen LogP contribution is 2.32. The highest BCUT2D eigenvalue weighted by Gasteiger charge is 2.30. The van der Waals surface area contributed by atoms with Crippen LogP contribution in [-0.2, 0) is 6.18 Å². The molecule has 2 rings (SSSR count). The van der Waals surface area contributed by atoms with Crippen LogP contribution in [0.1, 0.15) is 33.6 Å². The maximum absolute atomic E-state index is 13.0. The van der Waals surface area contributed by atoms with E-state index in [1.165, 1.54) is 0 Å². The van der Waals surface area contributed by atoms with Crippen molar-refractivity contribution < 1.29 is 31.9 Å². The Kier molecular flexibility index (Phi) is 4.50. The molecule has 0 amide bonds. The SMILES string of the molecule is N#Cc1cc(C(=O)O)c(C(F)F)nc1-c1ccc(C(F)(F)F)cc1. The van der Waals surface area contributed by atoms with E-state index < -0.39 is 35.4 Å². The third-order valence-corrected chi connectivity index (χ3v) is 3.10. The van der Waals surface area contributed by atoms with E-state index in [9.17, 15) is 26.7 Å². The van der Waals surface area contributed by atoms with Gasteiger partial charge in [0.1, 0.15) is 11.8 Å². The molecule has 1 aromatic carbocycles. The second-order valence-corrected chi connectivity index (χ2v) is 4.61. The Hall–Kier alpha value is -3.02. The molecular formula is C15H7F5N2O2. The van der Waals surface area contributed by atoms with Gasteiger partial charge in [-0.05, 0) is 18.2 Å². The summed E-state index contributed by atoms with van der Waals surface area (Å²) >= 11 is 0. The number of aromatic nitrogens is 1. The van der Waals surface area contributed by atoms with E-state index >= 15 is 0 Å². The first-order valence-corrected chi connectivity index (χ1v) is 6.29. The molecule has 4 nitrogen and oxygen atoms in total. The van der Waals surface area contributed by atoms with Gasteiger partial charge in [0, 0.05) is 5.56 Å². The number of rotatable bonds is 3. The molecule has 124 valence electrons. The molecule has 0 saturated heterocycles. The van der Waals surface area contributed by atoms with Gasteiger partial charge in [-0.25, -0.2) is 18.6 Å². The summed E-state index contributed by atoms with van der Waals surface area (Å²) in [6.07, 6.45) is -7.80. The molecule has 0 aliphatic rings. The van der Waals surface area contributed by atoms with E-state index in [0.29, 0.717) is 12.1 Å². The average molecular weight is 342 g/mol. The van der Waals surface area contributed by atoms with Crippen LogP contribution in [0.25, 0.3) is 11.3 Å². The van der Waals surface area contributed by atoms with Crippen LogP contribution in [0.4, 0.5) is 22.0 Å². The van der Waals surface area contributed by atoms with E-state index in [-0.39, 0.29) is 16.8 Å². The fraction of sp³-hybridized carbons (Fsp3) is 0.133. The van der Waals surface area contributed by atoms with Crippen LogP contribution in [-0.4, -0.2) is 16.1 Å². The minimum Gasteiger partial charge on any atom is -0.478 e. The first-order chi connectivity index (χ1) is 11.1. The molecule has 1 heterocycles. The number of hydrogen-bond acceptors (Lipinski definition) is 3. The molecule has 0 unspecified atom stereocenters. The number of carboxylic acids is 1. The molecular weight excluding hydrogens is 335 g/mol. The lowest BCUT2D eigenvalue weighted by molar-refractivity contribution is -0.137. The van der Waals surface area contributed by atoms with Crippen LogP contribution in [0, 0.1) is 11.3 Å². The number of carboxylic acid groups (broad SMARTS) is 1. The number of carbonyl (C=O) groups is 1. The van der Waals surface area contributed by atoms with Crippen molar-refractivity contribution in [1.82, 2.24) is 4.98 Å². The summed E-state index contributed by atoms with van der Waals surface area (Å²) in [5, 5.41) is 18.0. The van der Waals surface area contributed by atoms with Crippen molar-refractivity contribution in [3.63, 3.8) is 0 Å². The largest absolute Gasteiger partial charge is 0.478 e. The minimum atomic E-state index is -4.58. The van der Waals surface area contributed by atoms with Gasteiger partial charge in [-0.2, -0.15) is 18.4 Å². The third-order valence-electron chi connectivity index (χ3n) is 3.10. The van der Waals surface area contributed by atoms with Crippen molar-refractivity contribution in [3.8, 4) is 17.3 Å². The van der Waals surface area contributed by atoms with Crippen molar-refractivity contribution in [2.75, 3.05) is 0 Å². The third kappa shape index (κ3) is 3.32. The van der Waals surface area contributed by atoms with Gasteiger partial charge in [-0.3, -0.25) is 0 Å². The zero-order valence-corrected chi connectivity index (χ0v) is 11.6. The lowest BCUT2D eigenvalue weighted by Gasteiger charge is -2.11. The quantitative estimate of drug-likeness (QED) is 0.845. The van der Waals surface area contributed by atoms with Gasteiger partial charge in [-0.15, -0.1) is 0 Å². The zero-order chi connectivity index (χ0) is 18.1. The molecule has 0 saturated carbocycles. The van der Waals surface area contributed by atoms with Gasteiger partial charge in [-0.1, -0.05) is 12.1 Å². The Labute approximate surface area is 131 Å². The smallest absolute Gasteiger partial charge is 0.416 e. The molecule has 1 aromatic heterocycles. The molecule has 0 atom stereocenters. The average Bonchev–Trinajstić information content (AvgIpc) is 2.52. The standard InChI is InChI=1S/C15H7F5N2O2/c16-13(17)12-10(14(23)24)5-8(6-21)11(22-12)7-1-3-9(4-2-7)15(18,19)20/h1-5,13H,(H,23,24). The van der Waals surface area contributed by atoms with Crippen molar-refractivity contribution in [1.29, 1.82) is 5.26 Å². The number of benzene rings is 1. The highest BCUT2D eigenvalue weighted by molar-refractivity contribution is 5.90. The Morgan fingerprint density at radius 1 is 1.21 bits per heavy atom. The highest BCUT2D eigenvalue weighted by atomic mass is 19.4. The lowest BCUT2D eigenvalue weighted by Crippen LogP contribution is -2.08. The van der Waals surface area contributed by atoms with Gasteiger partial charge < -0.3 is 5.11 Å². The summed E-state index contributed by atoms with van der Waals surface area (Å²) in [5.74, 6) is -1.69. The molecule has 9 heteroatoms. The molecule has 0 bridgehead atoms. The predicted octanol–water partition coefficient (Wildman–Crippen LogP) is 4.27. The number of alkyl halides is 5. The number of nitrogens with zero attached hydrogens (tertiary/aromatic N) is 2. The molecule has 0 radical (unpaired) electrons. The monoisotopic (exact) mass is 342 g/mol. The molecule has 0 spiro atoms. The second kappa shape index (κ2) is 6.23. The number of nitriles is 1. The first kappa shape index (κ1) is 17.3. The Balaban J connectivity index is 2.64. The number of aromatic carboxylic acids is 1. The van der Waals surface area contributed by atoms with Gasteiger partial charge in [0.05, 0.1) is 22.4 Å². The van der Waals surface area contributed by atoms with Crippen molar-refractivity contribution in [2.24, 2.45) is 0 Å². The Morgan fingerprint density at radius 3 is 2.21 bits per heavy atom. The number of pyridine rings is 1. The fourth-order valence-corrected chi connectivity index (χ4v) is 1.99. The van der Waals surface area contributed by atoms with E-state index in [1.807, 2.05) is 0 Å². The molecule has 2 aromatic rings. The molecule has 24 heavy (non-hydrogen) atoms.